The molecule has 0 radical (unpaired) electrons. The van der Waals surface area contributed by atoms with Gasteiger partial charge in [-0.05, 0) is 12.8 Å². The second-order valence-electron chi connectivity index (χ2n) is 6.01. The van der Waals surface area contributed by atoms with Gasteiger partial charge in [0.15, 0.2) is 0 Å². The Morgan fingerprint density at radius 3 is 2.96 bits per heavy atom. The first-order valence-corrected chi connectivity index (χ1v) is 8.57. The van der Waals surface area contributed by atoms with Crippen LogP contribution in [0.4, 0.5) is 5.82 Å². The maximum atomic E-state index is 12.2. The Kier molecular flexibility index (Phi) is 6.33. The highest BCUT2D eigenvalue weighted by molar-refractivity contribution is 5.92. The Hall–Kier alpha value is -1.77. The van der Waals surface area contributed by atoms with E-state index in [1.54, 1.807) is 6.07 Å². The first-order valence-electron chi connectivity index (χ1n) is 8.57. The zero-order valence-corrected chi connectivity index (χ0v) is 13.9. The number of morpholine rings is 1. The zero-order valence-electron chi connectivity index (χ0n) is 13.9. The van der Waals surface area contributed by atoms with Gasteiger partial charge < -0.3 is 20.1 Å². The van der Waals surface area contributed by atoms with Crippen LogP contribution in [0.1, 0.15) is 23.3 Å². The molecule has 132 valence electrons. The zero-order chi connectivity index (χ0) is 16.6. The number of amides is 1. The van der Waals surface area contributed by atoms with E-state index in [1.807, 2.05) is 0 Å². The number of nitrogens with zero attached hydrogens (tertiary/aromatic N) is 3. The summed E-state index contributed by atoms with van der Waals surface area (Å²) in [4.78, 5) is 22.7. The molecule has 0 saturated carbocycles. The third kappa shape index (κ3) is 5.12. The molecule has 1 unspecified atom stereocenters. The minimum absolute atomic E-state index is 0.175. The van der Waals surface area contributed by atoms with Crippen LogP contribution in [0.25, 0.3) is 0 Å². The summed E-state index contributed by atoms with van der Waals surface area (Å²) in [7, 11) is 0. The van der Waals surface area contributed by atoms with E-state index in [1.165, 1.54) is 6.33 Å². The van der Waals surface area contributed by atoms with Crippen molar-refractivity contribution in [2.45, 2.75) is 18.9 Å². The maximum absolute atomic E-state index is 12.2. The standard InChI is InChI=1S/C16H25N5O3/c22-16(17-3-4-21-5-8-23-9-6-21)14-10-15(20-12-19-14)18-11-13-2-1-7-24-13/h10,12-13H,1-9,11H2,(H,17,22)(H,18,19,20). The number of anilines is 1. The summed E-state index contributed by atoms with van der Waals surface area (Å²) >= 11 is 0. The fraction of sp³-hybridized carbons (Fsp3) is 0.688. The summed E-state index contributed by atoms with van der Waals surface area (Å²) in [6, 6.07) is 1.68. The minimum atomic E-state index is -0.175. The number of ether oxygens (including phenoxy) is 2. The lowest BCUT2D eigenvalue weighted by molar-refractivity contribution is 0.0383. The number of nitrogens with one attached hydrogen (secondary N) is 2. The van der Waals surface area contributed by atoms with Crippen LogP contribution in [0.3, 0.4) is 0 Å². The van der Waals surface area contributed by atoms with Crippen molar-refractivity contribution >= 4 is 11.7 Å². The molecule has 1 atom stereocenters. The molecule has 2 saturated heterocycles. The summed E-state index contributed by atoms with van der Waals surface area (Å²) in [6.07, 6.45) is 3.81. The second kappa shape index (κ2) is 8.91. The molecule has 1 aromatic rings. The van der Waals surface area contributed by atoms with Crippen LogP contribution in [0, 0.1) is 0 Å². The van der Waals surface area contributed by atoms with Crippen molar-refractivity contribution in [3.8, 4) is 0 Å². The van der Waals surface area contributed by atoms with Gasteiger partial charge in [-0.25, -0.2) is 9.97 Å². The average Bonchev–Trinajstić information content (AvgIpc) is 3.15. The van der Waals surface area contributed by atoms with Gasteiger partial charge in [0.1, 0.15) is 17.8 Å². The van der Waals surface area contributed by atoms with E-state index in [4.69, 9.17) is 9.47 Å². The molecule has 8 heteroatoms. The van der Waals surface area contributed by atoms with Crippen LogP contribution in [0.15, 0.2) is 12.4 Å². The normalized spacial score (nSPS) is 21.6. The van der Waals surface area contributed by atoms with Crippen LogP contribution < -0.4 is 10.6 Å². The number of aromatic nitrogens is 2. The molecule has 3 heterocycles. The Labute approximate surface area is 141 Å². The molecule has 24 heavy (non-hydrogen) atoms. The molecule has 0 bridgehead atoms. The van der Waals surface area contributed by atoms with E-state index in [9.17, 15) is 4.79 Å². The third-order valence-corrected chi connectivity index (χ3v) is 4.25. The van der Waals surface area contributed by atoms with Gasteiger partial charge >= 0.3 is 0 Å². The summed E-state index contributed by atoms with van der Waals surface area (Å²) in [5.41, 5.74) is 0.377. The van der Waals surface area contributed by atoms with E-state index in [-0.39, 0.29) is 12.0 Å². The van der Waals surface area contributed by atoms with Crippen LogP contribution in [0.5, 0.6) is 0 Å². The lowest BCUT2D eigenvalue weighted by atomic mass is 10.2. The van der Waals surface area contributed by atoms with Gasteiger partial charge in [-0.1, -0.05) is 0 Å². The van der Waals surface area contributed by atoms with E-state index < -0.39 is 0 Å². The predicted molar refractivity (Wildman–Crippen MR) is 89.1 cm³/mol. The highest BCUT2D eigenvalue weighted by Gasteiger charge is 2.16. The number of hydrogen-bond acceptors (Lipinski definition) is 7. The summed E-state index contributed by atoms with van der Waals surface area (Å²) in [6.45, 7) is 6.31. The highest BCUT2D eigenvalue weighted by atomic mass is 16.5. The molecule has 2 N–H and O–H groups in total. The Morgan fingerprint density at radius 1 is 1.29 bits per heavy atom. The van der Waals surface area contributed by atoms with Crippen molar-refractivity contribution in [2.75, 3.05) is 57.9 Å². The molecule has 1 amide bonds. The van der Waals surface area contributed by atoms with E-state index >= 15 is 0 Å². The number of rotatable bonds is 7. The topological polar surface area (TPSA) is 88.6 Å². The Bertz CT molecular complexity index is 530. The maximum Gasteiger partial charge on any atom is 0.270 e. The molecule has 1 aromatic heterocycles. The largest absolute Gasteiger partial charge is 0.379 e. The van der Waals surface area contributed by atoms with Gasteiger partial charge in [-0.2, -0.15) is 0 Å². The van der Waals surface area contributed by atoms with E-state index in [0.717, 1.165) is 52.3 Å². The van der Waals surface area contributed by atoms with Crippen molar-refractivity contribution in [2.24, 2.45) is 0 Å². The quantitative estimate of drug-likeness (QED) is 0.732. The fourth-order valence-electron chi connectivity index (χ4n) is 2.84. The Balaban J connectivity index is 1.42. The smallest absolute Gasteiger partial charge is 0.270 e. The van der Waals surface area contributed by atoms with Crippen LogP contribution in [-0.2, 0) is 9.47 Å². The SMILES string of the molecule is O=C(NCCN1CCOCC1)c1cc(NCC2CCCO2)ncn1. The van der Waals surface area contributed by atoms with Crippen molar-refractivity contribution in [1.29, 1.82) is 0 Å². The average molecular weight is 335 g/mol. The van der Waals surface area contributed by atoms with Crippen molar-refractivity contribution in [3.05, 3.63) is 18.1 Å². The predicted octanol–water partition coefficient (Wildman–Crippen LogP) is 0.130. The number of carbonyl (C=O) groups is 1. The fourth-order valence-corrected chi connectivity index (χ4v) is 2.84. The molecule has 0 aromatic carbocycles. The summed E-state index contributed by atoms with van der Waals surface area (Å²) < 4.78 is 10.9. The molecule has 8 nitrogen and oxygen atoms in total. The molecule has 0 aliphatic carbocycles. The van der Waals surface area contributed by atoms with Gasteiger partial charge in [-0.15, -0.1) is 0 Å². The van der Waals surface area contributed by atoms with E-state index in [0.29, 0.717) is 24.6 Å². The molecular weight excluding hydrogens is 310 g/mol. The molecule has 0 spiro atoms. The van der Waals surface area contributed by atoms with Crippen LogP contribution >= 0.6 is 0 Å². The lowest BCUT2D eigenvalue weighted by Gasteiger charge is -2.26. The van der Waals surface area contributed by atoms with Crippen LogP contribution in [-0.4, -0.2) is 79.4 Å². The Morgan fingerprint density at radius 2 is 2.17 bits per heavy atom. The minimum Gasteiger partial charge on any atom is -0.379 e. The van der Waals surface area contributed by atoms with Crippen LogP contribution in [0.2, 0.25) is 0 Å². The molecule has 2 aliphatic rings. The van der Waals surface area contributed by atoms with Gasteiger partial charge in [0, 0.05) is 45.4 Å². The third-order valence-electron chi connectivity index (χ3n) is 4.25. The first kappa shape index (κ1) is 17.1. The summed E-state index contributed by atoms with van der Waals surface area (Å²) in [5, 5.41) is 6.12. The van der Waals surface area contributed by atoms with Gasteiger partial charge in [-0.3, -0.25) is 9.69 Å². The molecule has 2 fully saturated rings. The lowest BCUT2D eigenvalue weighted by Crippen LogP contribution is -2.41. The first-order chi connectivity index (χ1) is 11.8. The number of carbonyl (C=O) groups excluding carboxylic acids is 1. The van der Waals surface area contributed by atoms with Crippen molar-refractivity contribution in [3.63, 3.8) is 0 Å². The van der Waals surface area contributed by atoms with Crippen molar-refractivity contribution in [1.82, 2.24) is 20.2 Å². The second-order valence-corrected chi connectivity index (χ2v) is 6.01. The molecular formula is C16H25N5O3. The van der Waals surface area contributed by atoms with E-state index in [2.05, 4.69) is 25.5 Å². The molecule has 2 aliphatic heterocycles. The van der Waals surface area contributed by atoms with Gasteiger partial charge in [0.25, 0.3) is 5.91 Å². The monoisotopic (exact) mass is 335 g/mol. The molecule has 3 rings (SSSR count). The highest BCUT2D eigenvalue weighted by Crippen LogP contribution is 2.13. The summed E-state index contributed by atoms with van der Waals surface area (Å²) in [5.74, 6) is 0.477. The number of hydrogen-bond donors (Lipinski definition) is 2. The van der Waals surface area contributed by atoms with Gasteiger partial charge in [0.05, 0.1) is 19.3 Å². The van der Waals surface area contributed by atoms with Crippen molar-refractivity contribution < 1.29 is 14.3 Å². The van der Waals surface area contributed by atoms with Gasteiger partial charge in [0.2, 0.25) is 0 Å².